The van der Waals surface area contributed by atoms with Crippen molar-refractivity contribution in [2.75, 3.05) is 24.7 Å². The number of aryl methyl sites for hydroxylation is 1. The van der Waals surface area contributed by atoms with Crippen LogP contribution in [0.5, 0.6) is 0 Å². The molecule has 2 aromatic carbocycles. The number of thioether (sulfide) groups is 1. The molecule has 2 amide bonds. The van der Waals surface area contributed by atoms with Crippen molar-refractivity contribution in [2.45, 2.75) is 18.3 Å². The number of amides is 2. The van der Waals surface area contributed by atoms with Crippen molar-refractivity contribution in [3.8, 4) is 11.4 Å². The second kappa shape index (κ2) is 10.1. The zero-order valence-corrected chi connectivity index (χ0v) is 19.0. The lowest BCUT2D eigenvalue weighted by Crippen LogP contribution is -2.36. The second-order valence-electron chi connectivity index (χ2n) is 7.31. The summed E-state index contributed by atoms with van der Waals surface area (Å²) in [6.45, 7) is 1.58. The molecular weight excluding hydrogens is 455 g/mol. The molecule has 33 heavy (non-hydrogen) atoms. The number of rotatable bonds is 7. The van der Waals surface area contributed by atoms with Gasteiger partial charge in [0.1, 0.15) is 0 Å². The maximum absolute atomic E-state index is 13.1. The molecular formula is C22H22F3N5O2S. The minimum absolute atomic E-state index is 0.0112. The van der Waals surface area contributed by atoms with Gasteiger partial charge in [-0.05, 0) is 24.6 Å². The number of alkyl halides is 3. The summed E-state index contributed by atoms with van der Waals surface area (Å²) < 4.78 is 41.0. The Morgan fingerprint density at radius 3 is 2.45 bits per heavy atom. The number of benzene rings is 2. The Labute approximate surface area is 193 Å². The number of halogens is 3. The second-order valence-corrected chi connectivity index (χ2v) is 8.25. The molecule has 3 rings (SSSR count). The number of carbonyl (C=O) groups excluding carboxylic acids is 2. The van der Waals surface area contributed by atoms with Gasteiger partial charge in [0.05, 0.1) is 23.5 Å². The molecule has 1 heterocycles. The average Bonchev–Trinajstić information content (AvgIpc) is 3.12. The number of carbonyl (C=O) groups is 2. The van der Waals surface area contributed by atoms with Crippen LogP contribution in [0.4, 0.5) is 18.9 Å². The first kappa shape index (κ1) is 24.3. The van der Waals surface area contributed by atoms with Gasteiger partial charge >= 0.3 is 6.18 Å². The summed E-state index contributed by atoms with van der Waals surface area (Å²) >= 11 is 1.16. The molecule has 0 unspecified atom stereocenters. The largest absolute Gasteiger partial charge is 0.418 e. The minimum Gasteiger partial charge on any atom is -0.336 e. The van der Waals surface area contributed by atoms with E-state index in [0.717, 1.165) is 33.9 Å². The highest BCUT2D eigenvalue weighted by Gasteiger charge is 2.33. The Bertz CT molecular complexity index is 1160. The van der Waals surface area contributed by atoms with Crippen LogP contribution in [0.15, 0.2) is 53.7 Å². The van der Waals surface area contributed by atoms with Crippen LogP contribution in [0.25, 0.3) is 11.4 Å². The molecule has 0 saturated carbocycles. The van der Waals surface area contributed by atoms with Crippen molar-refractivity contribution in [3.05, 3.63) is 59.7 Å². The van der Waals surface area contributed by atoms with Crippen molar-refractivity contribution in [2.24, 2.45) is 7.05 Å². The monoisotopic (exact) mass is 477 g/mol. The lowest BCUT2D eigenvalue weighted by molar-refractivity contribution is -0.137. The van der Waals surface area contributed by atoms with Crippen LogP contribution in [0, 0.1) is 6.92 Å². The average molecular weight is 478 g/mol. The van der Waals surface area contributed by atoms with E-state index in [-0.39, 0.29) is 17.3 Å². The summed E-state index contributed by atoms with van der Waals surface area (Å²) in [6.07, 6.45) is -4.60. The van der Waals surface area contributed by atoms with Gasteiger partial charge in [0.15, 0.2) is 11.0 Å². The topological polar surface area (TPSA) is 80.1 Å². The van der Waals surface area contributed by atoms with E-state index >= 15 is 0 Å². The van der Waals surface area contributed by atoms with Crippen LogP contribution in [-0.2, 0) is 22.8 Å². The summed E-state index contributed by atoms with van der Waals surface area (Å²) in [5.41, 5.74) is 0.666. The molecule has 1 N–H and O–H groups in total. The maximum atomic E-state index is 13.1. The molecule has 3 aromatic rings. The van der Waals surface area contributed by atoms with Gasteiger partial charge in [0, 0.05) is 19.7 Å². The summed E-state index contributed by atoms with van der Waals surface area (Å²) in [5, 5.41) is 11.1. The van der Waals surface area contributed by atoms with Gasteiger partial charge in [-0.25, -0.2) is 0 Å². The molecule has 174 valence electrons. The fourth-order valence-electron chi connectivity index (χ4n) is 3.07. The Kier molecular flexibility index (Phi) is 7.42. The molecule has 11 heteroatoms. The van der Waals surface area contributed by atoms with E-state index in [1.807, 2.05) is 31.2 Å². The third kappa shape index (κ3) is 5.92. The van der Waals surface area contributed by atoms with Crippen molar-refractivity contribution in [3.63, 3.8) is 0 Å². The molecule has 0 radical (unpaired) electrons. The van der Waals surface area contributed by atoms with E-state index in [1.165, 1.54) is 25.2 Å². The Morgan fingerprint density at radius 1 is 1.09 bits per heavy atom. The third-order valence-electron chi connectivity index (χ3n) is 4.86. The predicted molar refractivity (Wildman–Crippen MR) is 120 cm³/mol. The van der Waals surface area contributed by atoms with Crippen LogP contribution in [0.2, 0.25) is 0 Å². The lowest BCUT2D eigenvalue weighted by Gasteiger charge is -2.18. The highest BCUT2D eigenvalue weighted by Crippen LogP contribution is 2.34. The molecule has 0 fully saturated rings. The van der Waals surface area contributed by atoms with Crippen LogP contribution < -0.4 is 5.32 Å². The SMILES string of the molecule is Cc1ccccc1-c1nnc(SCC(=O)N(C)CC(=O)Nc2ccccc2C(F)(F)F)n1C. The van der Waals surface area contributed by atoms with E-state index in [9.17, 15) is 22.8 Å². The van der Waals surface area contributed by atoms with E-state index in [2.05, 4.69) is 15.5 Å². The molecule has 0 aliphatic carbocycles. The van der Waals surface area contributed by atoms with Crippen LogP contribution in [0.3, 0.4) is 0 Å². The maximum Gasteiger partial charge on any atom is 0.418 e. The summed E-state index contributed by atoms with van der Waals surface area (Å²) in [5.74, 6) is -0.449. The smallest absolute Gasteiger partial charge is 0.336 e. The first-order valence-electron chi connectivity index (χ1n) is 9.86. The summed E-state index contributed by atoms with van der Waals surface area (Å²) in [6, 6.07) is 12.4. The van der Waals surface area contributed by atoms with Gasteiger partial charge < -0.3 is 14.8 Å². The molecule has 0 spiro atoms. The third-order valence-corrected chi connectivity index (χ3v) is 5.86. The first-order valence-corrected chi connectivity index (χ1v) is 10.8. The minimum atomic E-state index is -4.60. The van der Waals surface area contributed by atoms with E-state index in [4.69, 9.17) is 0 Å². The number of hydrogen-bond acceptors (Lipinski definition) is 5. The summed E-state index contributed by atoms with van der Waals surface area (Å²) in [7, 11) is 3.21. The standard InChI is InChI=1S/C22H22F3N5O2S/c1-14-8-4-5-9-15(14)20-27-28-21(30(20)3)33-13-19(32)29(2)12-18(31)26-17-11-7-6-10-16(17)22(23,24)25/h4-11H,12-13H2,1-3H3,(H,26,31). The molecule has 0 atom stereocenters. The fraction of sp³-hybridized carbons (Fsp3) is 0.273. The van der Waals surface area contributed by atoms with E-state index < -0.39 is 24.2 Å². The molecule has 0 bridgehead atoms. The molecule has 0 saturated heterocycles. The fourth-order valence-corrected chi connectivity index (χ4v) is 3.92. The Balaban J connectivity index is 1.58. The molecule has 0 aliphatic rings. The summed E-state index contributed by atoms with van der Waals surface area (Å²) in [4.78, 5) is 25.8. The number of nitrogens with one attached hydrogen (secondary N) is 1. The Morgan fingerprint density at radius 2 is 1.76 bits per heavy atom. The van der Waals surface area contributed by atoms with Crippen LogP contribution in [0.1, 0.15) is 11.1 Å². The van der Waals surface area contributed by atoms with Gasteiger partial charge in [0.25, 0.3) is 0 Å². The number of aromatic nitrogens is 3. The first-order chi connectivity index (χ1) is 15.6. The molecule has 1 aromatic heterocycles. The van der Waals surface area contributed by atoms with E-state index in [0.29, 0.717) is 11.0 Å². The van der Waals surface area contributed by atoms with Gasteiger partial charge in [-0.1, -0.05) is 48.2 Å². The van der Waals surface area contributed by atoms with Gasteiger partial charge in [-0.2, -0.15) is 13.2 Å². The van der Waals surface area contributed by atoms with Crippen molar-refractivity contribution < 1.29 is 22.8 Å². The highest BCUT2D eigenvalue weighted by atomic mass is 32.2. The number of nitrogens with zero attached hydrogens (tertiary/aromatic N) is 4. The van der Waals surface area contributed by atoms with Crippen molar-refractivity contribution >= 4 is 29.3 Å². The van der Waals surface area contributed by atoms with E-state index in [1.54, 1.807) is 11.6 Å². The quantitative estimate of drug-likeness (QED) is 0.521. The van der Waals surface area contributed by atoms with Crippen molar-refractivity contribution in [1.82, 2.24) is 19.7 Å². The molecule has 7 nitrogen and oxygen atoms in total. The lowest BCUT2D eigenvalue weighted by atomic mass is 10.1. The predicted octanol–water partition coefficient (Wildman–Crippen LogP) is 4.00. The number of para-hydroxylation sites is 1. The number of likely N-dealkylation sites (N-methyl/N-ethyl adjacent to an activating group) is 1. The van der Waals surface area contributed by atoms with Gasteiger partial charge in [-0.3, -0.25) is 9.59 Å². The normalized spacial score (nSPS) is 11.3. The van der Waals surface area contributed by atoms with Gasteiger partial charge in [-0.15, -0.1) is 10.2 Å². The number of anilines is 1. The zero-order valence-electron chi connectivity index (χ0n) is 18.2. The molecule has 0 aliphatic heterocycles. The van der Waals surface area contributed by atoms with Crippen molar-refractivity contribution in [1.29, 1.82) is 0 Å². The zero-order chi connectivity index (χ0) is 24.2. The van der Waals surface area contributed by atoms with Gasteiger partial charge in [0.2, 0.25) is 11.8 Å². The number of hydrogen-bond donors (Lipinski definition) is 1. The Hall–Kier alpha value is -3.34. The van der Waals surface area contributed by atoms with Crippen LogP contribution >= 0.6 is 11.8 Å². The highest BCUT2D eigenvalue weighted by molar-refractivity contribution is 7.99. The van der Waals surface area contributed by atoms with Crippen LogP contribution in [-0.4, -0.2) is 50.8 Å².